The van der Waals surface area contributed by atoms with E-state index in [1.54, 1.807) is 38.4 Å². The lowest BCUT2D eigenvalue weighted by atomic mass is 9.90. The van der Waals surface area contributed by atoms with Gasteiger partial charge in [0.1, 0.15) is 47.7 Å². The SMILES string of the molecule is CN(CC(=O)CC(C)(C)C)c1nc(-c2cc(OCC(C)(C)O)ccn2)nc2c1CCC2.CN(CC(=O)CC(C)(C)C)c1nc(-c2cc(OCC(C)(C)OC3CCCCO3)ccn2)nc2c1CCC2. The summed E-state index contributed by atoms with van der Waals surface area (Å²) in [4.78, 5) is 57.5. The fraction of sp³-hybridized carbons (Fsp3) is 0.623. The Morgan fingerprint density at radius 3 is 1.56 bits per heavy atom. The highest BCUT2D eigenvalue weighted by Gasteiger charge is 2.29. The van der Waals surface area contributed by atoms with Crippen molar-refractivity contribution >= 4 is 23.2 Å². The lowest BCUT2D eigenvalue weighted by Gasteiger charge is -2.32. The third-order valence-corrected chi connectivity index (χ3v) is 11.5. The second-order valence-electron chi connectivity index (χ2n) is 22.4. The Bertz CT molecular complexity index is 2360. The van der Waals surface area contributed by atoms with Crippen molar-refractivity contribution in [2.75, 3.05) is 56.8 Å². The summed E-state index contributed by atoms with van der Waals surface area (Å²) in [5, 5.41) is 9.91. The molecular formula is C53H76N8O7. The van der Waals surface area contributed by atoms with Crippen LogP contribution in [0.15, 0.2) is 36.7 Å². The number of aliphatic hydroxyl groups is 1. The third kappa shape index (κ3) is 15.7. The predicted molar refractivity (Wildman–Crippen MR) is 265 cm³/mol. The molecule has 0 aromatic carbocycles. The van der Waals surface area contributed by atoms with Gasteiger partial charge in [0.25, 0.3) is 0 Å². The summed E-state index contributed by atoms with van der Waals surface area (Å²) < 4.78 is 23.7. The summed E-state index contributed by atoms with van der Waals surface area (Å²) >= 11 is 0. The Labute approximate surface area is 404 Å². The van der Waals surface area contributed by atoms with Gasteiger partial charge in [-0.05, 0) is 108 Å². The van der Waals surface area contributed by atoms with Crippen molar-refractivity contribution in [1.29, 1.82) is 0 Å². The highest BCUT2D eigenvalue weighted by atomic mass is 16.7. The first-order chi connectivity index (χ1) is 31.9. The van der Waals surface area contributed by atoms with Gasteiger partial charge in [0, 0.05) is 80.6 Å². The number of nitrogens with zero attached hydrogens (tertiary/aromatic N) is 8. The maximum absolute atomic E-state index is 12.7. The molecule has 1 aliphatic heterocycles. The largest absolute Gasteiger partial charge is 0.490 e. The molecule has 0 spiro atoms. The standard InChI is InChI=1S/C29H42N4O4.C24H34N4O3/c1-28(2,3)17-20(34)18-33(6)27-22-10-9-11-23(22)31-26(32-27)24-16-21(13-14-30-24)36-19-29(4,5)37-25-12-7-8-15-35-25;1-23(2,3)13-16(29)14-28(6)22-18-8-7-9-19(18)26-21(27-22)20-12-17(10-11-25-20)31-15-24(4,5)30/h13-14,16,25H,7-12,15,17-19H2,1-6H3;10-12,30H,7-9,13-15H2,1-6H3. The molecule has 15 heteroatoms. The second-order valence-corrected chi connectivity index (χ2v) is 22.4. The molecule has 68 heavy (non-hydrogen) atoms. The fourth-order valence-electron chi connectivity index (χ4n) is 8.62. The van der Waals surface area contributed by atoms with Crippen molar-refractivity contribution in [2.24, 2.45) is 10.8 Å². The molecule has 2 aliphatic carbocycles. The van der Waals surface area contributed by atoms with Crippen molar-refractivity contribution < 1.29 is 33.6 Å². The molecule has 1 N–H and O–H groups in total. The van der Waals surface area contributed by atoms with E-state index in [2.05, 4.69) is 51.5 Å². The van der Waals surface area contributed by atoms with Gasteiger partial charge in [0.2, 0.25) is 0 Å². The molecule has 4 aromatic rings. The molecule has 370 valence electrons. The topological polar surface area (TPSA) is 175 Å². The minimum atomic E-state index is -0.928. The number of pyridine rings is 2. The van der Waals surface area contributed by atoms with Gasteiger partial charge in [-0.1, -0.05) is 41.5 Å². The minimum Gasteiger partial charge on any atom is -0.490 e. The van der Waals surface area contributed by atoms with Crippen molar-refractivity contribution in [1.82, 2.24) is 29.9 Å². The monoisotopic (exact) mass is 937 g/mol. The number of hydrogen-bond acceptors (Lipinski definition) is 15. The van der Waals surface area contributed by atoms with Crippen LogP contribution in [-0.4, -0.2) is 111 Å². The number of rotatable bonds is 18. The molecule has 0 amide bonds. The number of Topliss-reactive ketones (excluding diaryl/α,β-unsaturated/α-hetero) is 2. The van der Waals surface area contributed by atoms with E-state index >= 15 is 0 Å². The highest BCUT2D eigenvalue weighted by molar-refractivity contribution is 5.84. The molecule has 1 saturated heterocycles. The van der Waals surface area contributed by atoms with E-state index in [9.17, 15) is 14.7 Å². The van der Waals surface area contributed by atoms with Crippen LogP contribution in [0.2, 0.25) is 0 Å². The van der Waals surface area contributed by atoms with Crippen LogP contribution in [0, 0.1) is 10.8 Å². The van der Waals surface area contributed by atoms with Gasteiger partial charge in [-0.2, -0.15) is 0 Å². The van der Waals surface area contributed by atoms with Crippen LogP contribution in [0.25, 0.3) is 23.0 Å². The van der Waals surface area contributed by atoms with Crippen LogP contribution in [0.1, 0.15) is 137 Å². The van der Waals surface area contributed by atoms with Crippen molar-refractivity contribution in [2.45, 2.75) is 157 Å². The molecule has 3 aliphatic rings. The molecule has 1 fully saturated rings. The normalized spacial score (nSPS) is 16.0. The average Bonchev–Trinajstić information content (AvgIpc) is 3.94. The number of carbonyl (C=O) groups excluding carboxylic acids is 2. The number of carbonyl (C=O) groups is 2. The summed E-state index contributed by atoms with van der Waals surface area (Å²) in [5.74, 6) is 4.42. The lowest BCUT2D eigenvalue weighted by molar-refractivity contribution is -0.221. The summed E-state index contributed by atoms with van der Waals surface area (Å²) in [6, 6.07) is 7.25. The molecule has 15 nitrogen and oxygen atoms in total. The van der Waals surface area contributed by atoms with E-state index in [-0.39, 0.29) is 35.3 Å². The molecule has 1 atom stereocenters. The first-order valence-corrected chi connectivity index (χ1v) is 24.4. The van der Waals surface area contributed by atoms with Gasteiger partial charge in [0.05, 0.1) is 24.3 Å². The van der Waals surface area contributed by atoms with E-state index in [0.29, 0.717) is 67.1 Å². The first-order valence-electron chi connectivity index (χ1n) is 24.4. The molecule has 5 heterocycles. The summed E-state index contributed by atoms with van der Waals surface area (Å²) in [7, 11) is 3.86. The van der Waals surface area contributed by atoms with Crippen LogP contribution < -0.4 is 19.3 Å². The molecule has 0 saturated carbocycles. The van der Waals surface area contributed by atoms with E-state index in [1.807, 2.05) is 49.9 Å². The zero-order valence-electron chi connectivity index (χ0n) is 42.8. The van der Waals surface area contributed by atoms with Gasteiger partial charge in [-0.15, -0.1) is 0 Å². The number of aryl methyl sites for hydroxylation is 2. The van der Waals surface area contributed by atoms with Crippen LogP contribution in [-0.2, 0) is 44.7 Å². The maximum Gasteiger partial charge on any atom is 0.180 e. The first kappa shape index (κ1) is 52.3. The Hall–Kier alpha value is -5.12. The van der Waals surface area contributed by atoms with Crippen LogP contribution >= 0.6 is 0 Å². The summed E-state index contributed by atoms with van der Waals surface area (Å²) in [6.07, 6.45) is 13.1. The molecule has 7 rings (SSSR count). The number of anilines is 2. The number of hydrogen-bond donors (Lipinski definition) is 1. The summed E-state index contributed by atoms with van der Waals surface area (Å²) in [5.41, 5.74) is 4.11. The number of ketones is 2. The van der Waals surface area contributed by atoms with Crippen LogP contribution in [0.4, 0.5) is 11.6 Å². The van der Waals surface area contributed by atoms with E-state index in [4.69, 9.17) is 38.9 Å². The van der Waals surface area contributed by atoms with Crippen molar-refractivity contribution in [3.05, 3.63) is 59.2 Å². The predicted octanol–water partition coefficient (Wildman–Crippen LogP) is 8.79. The Balaban J connectivity index is 0.000000228. The number of aromatic nitrogens is 6. The van der Waals surface area contributed by atoms with Crippen LogP contribution in [0.3, 0.4) is 0 Å². The maximum atomic E-state index is 12.7. The van der Waals surface area contributed by atoms with E-state index < -0.39 is 11.2 Å². The quantitative estimate of drug-likeness (QED) is 0.100. The number of fused-ring (bicyclic) bond motifs is 2. The van der Waals surface area contributed by atoms with Crippen LogP contribution in [0.5, 0.6) is 11.5 Å². The Morgan fingerprint density at radius 2 is 1.13 bits per heavy atom. The molecule has 0 radical (unpaired) electrons. The molecular weight excluding hydrogens is 861 g/mol. The highest BCUT2D eigenvalue weighted by Crippen LogP contribution is 2.34. The lowest BCUT2D eigenvalue weighted by Crippen LogP contribution is -2.38. The third-order valence-electron chi connectivity index (χ3n) is 11.5. The van der Waals surface area contributed by atoms with E-state index in [0.717, 1.165) is 98.5 Å². The molecule has 0 bridgehead atoms. The zero-order valence-corrected chi connectivity index (χ0v) is 42.8. The van der Waals surface area contributed by atoms with Gasteiger partial charge in [-0.25, -0.2) is 19.9 Å². The van der Waals surface area contributed by atoms with Gasteiger partial charge in [0.15, 0.2) is 29.5 Å². The second kappa shape index (κ2) is 22.1. The summed E-state index contributed by atoms with van der Waals surface area (Å²) in [6.45, 7) is 21.9. The van der Waals surface area contributed by atoms with Gasteiger partial charge >= 0.3 is 0 Å². The molecule has 4 aromatic heterocycles. The number of ether oxygens (including phenoxy) is 4. The number of likely N-dealkylation sites (N-methyl/N-ethyl adjacent to an activating group) is 2. The average molecular weight is 937 g/mol. The van der Waals surface area contributed by atoms with Gasteiger partial charge < -0.3 is 33.9 Å². The van der Waals surface area contributed by atoms with Gasteiger partial charge in [-0.3, -0.25) is 19.6 Å². The minimum absolute atomic E-state index is 0.0375. The van der Waals surface area contributed by atoms with E-state index in [1.165, 1.54) is 0 Å². The molecule has 1 unspecified atom stereocenters. The van der Waals surface area contributed by atoms with Crippen molar-refractivity contribution in [3.8, 4) is 34.5 Å². The zero-order chi connectivity index (χ0) is 49.4. The Morgan fingerprint density at radius 1 is 0.662 bits per heavy atom. The van der Waals surface area contributed by atoms with Crippen molar-refractivity contribution in [3.63, 3.8) is 0 Å². The Kier molecular flexibility index (Phi) is 17.0. The smallest absolute Gasteiger partial charge is 0.180 e. The fourth-order valence-corrected chi connectivity index (χ4v) is 8.62.